The fourth-order valence-electron chi connectivity index (χ4n) is 2.38. The lowest BCUT2D eigenvalue weighted by Gasteiger charge is -2.07. The van der Waals surface area contributed by atoms with E-state index in [1.54, 1.807) is 59.4 Å². The Hall–Kier alpha value is -1.81. The number of hydrogen-bond acceptors (Lipinski definition) is 2. The van der Waals surface area contributed by atoms with Crippen molar-refractivity contribution in [3.63, 3.8) is 0 Å². The quantitative estimate of drug-likeness (QED) is 0.563. The molecule has 0 aliphatic heterocycles. The lowest BCUT2D eigenvalue weighted by atomic mass is 10.1. The molecule has 0 fully saturated rings. The highest BCUT2D eigenvalue weighted by atomic mass is 35.5. The van der Waals surface area contributed by atoms with Gasteiger partial charge in [0.05, 0.1) is 23.7 Å². The average Bonchev–Trinajstić information content (AvgIpc) is 2.98. The van der Waals surface area contributed by atoms with Crippen LogP contribution in [0.15, 0.2) is 54.7 Å². The monoisotopic (exact) mass is 378 g/mol. The average molecular weight is 380 g/mol. The van der Waals surface area contributed by atoms with Gasteiger partial charge in [0.1, 0.15) is 0 Å². The summed E-state index contributed by atoms with van der Waals surface area (Å²) < 4.78 is 1.71. The van der Waals surface area contributed by atoms with Crippen LogP contribution in [0.25, 0.3) is 0 Å². The molecule has 3 nitrogen and oxygen atoms in total. The van der Waals surface area contributed by atoms with Gasteiger partial charge in [0.25, 0.3) is 0 Å². The highest BCUT2D eigenvalue weighted by Crippen LogP contribution is 2.25. The third kappa shape index (κ3) is 3.81. The number of benzene rings is 2. The van der Waals surface area contributed by atoms with Crippen LogP contribution in [-0.4, -0.2) is 15.6 Å². The van der Waals surface area contributed by atoms with Crippen molar-refractivity contribution in [3.05, 3.63) is 86.6 Å². The zero-order chi connectivity index (χ0) is 17.1. The van der Waals surface area contributed by atoms with Gasteiger partial charge in [-0.1, -0.05) is 53.0 Å². The number of halogens is 3. The Kier molecular flexibility index (Phi) is 5.24. The molecule has 1 aromatic heterocycles. The van der Waals surface area contributed by atoms with E-state index < -0.39 is 0 Å². The first-order chi connectivity index (χ1) is 11.5. The minimum Gasteiger partial charge on any atom is -0.294 e. The van der Waals surface area contributed by atoms with Crippen molar-refractivity contribution in [3.8, 4) is 0 Å². The van der Waals surface area contributed by atoms with Crippen molar-refractivity contribution in [2.45, 2.75) is 13.0 Å². The number of ketones is 1. The Bertz CT molecular complexity index is 869. The molecule has 2 aromatic carbocycles. The standard InChI is InChI=1S/C18H13Cl3N2O/c19-15-5-2-1-4-13(15)18(24)10-12-8-9-23(22-12)11-14-16(20)6-3-7-17(14)21/h1-9H,10-11H2. The number of Topliss-reactive ketones (excluding diaryl/α,β-unsaturated/α-hetero) is 1. The molecular weight excluding hydrogens is 367 g/mol. The fraction of sp³-hybridized carbons (Fsp3) is 0.111. The summed E-state index contributed by atoms with van der Waals surface area (Å²) in [5.74, 6) is -0.0679. The van der Waals surface area contributed by atoms with Crippen molar-refractivity contribution < 1.29 is 4.79 Å². The number of carbonyl (C=O) groups excluding carboxylic acids is 1. The Labute approximate surface area is 154 Å². The minimum absolute atomic E-state index is 0.0679. The molecule has 0 radical (unpaired) electrons. The van der Waals surface area contributed by atoms with E-state index in [2.05, 4.69) is 5.10 Å². The third-order valence-corrected chi connectivity index (χ3v) is 4.63. The van der Waals surface area contributed by atoms with Gasteiger partial charge >= 0.3 is 0 Å². The van der Waals surface area contributed by atoms with Gasteiger partial charge in [0.15, 0.2) is 5.78 Å². The van der Waals surface area contributed by atoms with E-state index in [4.69, 9.17) is 34.8 Å². The number of rotatable bonds is 5. The zero-order valence-corrected chi connectivity index (χ0v) is 14.8. The van der Waals surface area contributed by atoms with Gasteiger partial charge in [-0.15, -0.1) is 0 Å². The minimum atomic E-state index is -0.0679. The topological polar surface area (TPSA) is 34.9 Å². The molecular formula is C18H13Cl3N2O. The number of hydrogen-bond donors (Lipinski definition) is 0. The van der Waals surface area contributed by atoms with Crippen molar-refractivity contribution in [1.29, 1.82) is 0 Å². The third-order valence-electron chi connectivity index (χ3n) is 3.59. The van der Waals surface area contributed by atoms with Crippen molar-refractivity contribution >= 4 is 40.6 Å². The molecule has 1 heterocycles. The van der Waals surface area contributed by atoms with Crippen molar-refractivity contribution in [2.75, 3.05) is 0 Å². The van der Waals surface area contributed by atoms with Crippen molar-refractivity contribution in [1.82, 2.24) is 9.78 Å². The van der Waals surface area contributed by atoms with Crippen LogP contribution in [-0.2, 0) is 13.0 Å². The summed E-state index contributed by atoms with van der Waals surface area (Å²) in [5, 5.41) is 6.05. The van der Waals surface area contributed by atoms with Crippen LogP contribution in [0.5, 0.6) is 0 Å². The smallest absolute Gasteiger partial charge is 0.170 e. The summed E-state index contributed by atoms with van der Waals surface area (Å²) in [6.07, 6.45) is 1.99. The molecule has 122 valence electrons. The maximum absolute atomic E-state index is 12.3. The molecule has 0 bridgehead atoms. The zero-order valence-electron chi connectivity index (χ0n) is 12.5. The van der Waals surface area contributed by atoms with Crippen LogP contribution < -0.4 is 0 Å². The number of carbonyl (C=O) groups is 1. The van der Waals surface area contributed by atoms with Gasteiger partial charge in [-0.05, 0) is 30.3 Å². The lowest BCUT2D eigenvalue weighted by molar-refractivity contribution is 0.0992. The van der Waals surface area contributed by atoms with E-state index in [1.165, 1.54) is 0 Å². The highest BCUT2D eigenvalue weighted by molar-refractivity contribution is 6.36. The number of aromatic nitrogens is 2. The molecule has 0 atom stereocenters. The molecule has 0 amide bonds. The van der Waals surface area contributed by atoms with Gasteiger partial charge in [0.2, 0.25) is 0 Å². The van der Waals surface area contributed by atoms with Crippen LogP contribution in [0.2, 0.25) is 15.1 Å². The molecule has 0 N–H and O–H groups in total. The summed E-state index contributed by atoms with van der Waals surface area (Å²) in [6.45, 7) is 0.443. The molecule has 6 heteroatoms. The summed E-state index contributed by atoms with van der Waals surface area (Å²) in [4.78, 5) is 12.3. The van der Waals surface area contributed by atoms with E-state index in [1.807, 2.05) is 0 Å². The van der Waals surface area contributed by atoms with Crippen LogP contribution in [0.3, 0.4) is 0 Å². The predicted octanol–water partition coefficient (Wildman–Crippen LogP) is 5.32. The normalized spacial score (nSPS) is 10.8. The van der Waals surface area contributed by atoms with Gasteiger partial charge < -0.3 is 0 Å². The van der Waals surface area contributed by atoms with E-state index in [-0.39, 0.29) is 12.2 Å². The number of nitrogens with zero attached hydrogens (tertiary/aromatic N) is 2. The molecule has 0 unspecified atom stereocenters. The SMILES string of the molecule is O=C(Cc1ccn(Cc2c(Cl)cccc2Cl)n1)c1ccccc1Cl. The van der Waals surface area contributed by atoms with E-state index >= 15 is 0 Å². The van der Waals surface area contributed by atoms with Gasteiger partial charge in [-0.25, -0.2) is 0 Å². The van der Waals surface area contributed by atoms with E-state index in [0.717, 1.165) is 5.56 Å². The maximum atomic E-state index is 12.3. The fourth-order valence-corrected chi connectivity index (χ4v) is 3.14. The molecule has 3 aromatic rings. The second-order valence-electron chi connectivity index (χ2n) is 5.28. The second-order valence-corrected chi connectivity index (χ2v) is 6.51. The first-order valence-corrected chi connectivity index (χ1v) is 8.41. The molecule has 0 aliphatic carbocycles. The Morgan fingerprint density at radius 3 is 2.29 bits per heavy atom. The summed E-state index contributed by atoms with van der Waals surface area (Å²) in [5.41, 5.74) is 1.97. The molecule has 0 aliphatic rings. The summed E-state index contributed by atoms with van der Waals surface area (Å²) in [6, 6.07) is 14.2. The maximum Gasteiger partial charge on any atom is 0.170 e. The van der Waals surface area contributed by atoms with Crippen LogP contribution in [0.1, 0.15) is 21.6 Å². The summed E-state index contributed by atoms with van der Waals surface area (Å²) >= 11 is 18.4. The highest BCUT2D eigenvalue weighted by Gasteiger charge is 2.13. The van der Waals surface area contributed by atoms with Gasteiger partial charge in [-0.2, -0.15) is 5.10 Å². The lowest BCUT2D eigenvalue weighted by Crippen LogP contribution is -2.07. The first kappa shape index (κ1) is 17.0. The van der Waals surface area contributed by atoms with Gasteiger partial charge in [-0.3, -0.25) is 9.48 Å². The van der Waals surface area contributed by atoms with Crippen LogP contribution >= 0.6 is 34.8 Å². The Balaban J connectivity index is 1.74. The molecule has 0 saturated carbocycles. The predicted molar refractivity (Wildman–Crippen MR) is 97.3 cm³/mol. The van der Waals surface area contributed by atoms with Crippen LogP contribution in [0.4, 0.5) is 0 Å². The largest absolute Gasteiger partial charge is 0.294 e. The van der Waals surface area contributed by atoms with E-state index in [0.29, 0.717) is 32.9 Å². The molecule has 3 rings (SSSR count). The molecule has 0 spiro atoms. The van der Waals surface area contributed by atoms with E-state index in [9.17, 15) is 4.79 Å². The van der Waals surface area contributed by atoms with Crippen LogP contribution in [0, 0.1) is 0 Å². The summed E-state index contributed by atoms with van der Waals surface area (Å²) in [7, 11) is 0. The first-order valence-electron chi connectivity index (χ1n) is 7.27. The molecule has 24 heavy (non-hydrogen) atoms. The molecule has 0 saturated heterocycles. The Morgan fingerprint density at radius 1 is 0.917 bits per heavy atom. The van der Waals surface area contributed by atoms with Crippen molar-refractivity contribution in [2.24, 2.45) is 0 Å². The Morgan fingerprint density at radius 2 is 1.58 bits per heavy atom. The second kappa shape index (κ2) is 7.39. The van der Waals surface area contributed by atoms with Gasteiger partial charge in [0, 0.05) is 27.4 Å².